The number of nitrogens with zero attached hydrogens (tertiary/aromatic N) is 4. The van der Waals surface area contributed by atoms with E-state index in [0.717, 1.165) is 0 Å². The Kier molecular flexibility index (Phi) is 3.20. The van der Waals surface area contributed by atoms with Gasteiger partial charge in [0.25, 0.3) is 6.54 Å². The number of halogens is 1. The number of likely N-dealkylation sites (N-methyl/N-ethyl adjacent to an activating group) is 1. The van der Waals surface area contributed by atoms with Gasteiger partial charge < -0.3 is 0 Å². The Bertz CT molecular complexity index is 266. The monoisotopic (exact) mass is 212 g/mol. The van der Waals surface area contributed by atoms with E-state index in [9.17, 15) is 34.7 Å². The number of hydrazine groups is 1. The molecule has 0 aliphatic rings. The van der Waals surface area contributed by atoms with E-state index in [-0.39, 0.29) is 5.01 Å². The van der Waals surface area contributed by atoms with E-state index in [1.54, 1.807) is 0 Å². The molecule has 0 aromatic carbocycles. The zero-order valence-electron chi connectivity index (χ0n) is 6.82. The molecule has 11 heteroatoms. The van der Waals surface area contributed by atoms with Crippen LogP contribution in [0.4, 0.5) is 4.39 Å². The molecule has 0 aliphatic carbocycles. The molecular formula is C3H5FN4O6. The van der Waals surface area contributed by atoms with Crippen LogP contribution in [0, 0.1) is 30.3 Å². The lowest BCUT2D eigenvalue weighted by Crippen LogP contribution is -2.51. The van der Waals surface area contributed by atoms with Crippen molar-refractivity contribution in [3.05, 3.63) is 30.3 Å². The highest BCUT2D eigenvalue weighted by atomic mass is 19.2. The first-order valence-electron chi connectivity index (χ1n) is 3.05. The Morgan fingerprint density at radius 3 is 1.79 bits per heavy atom. The van der Waals surface area contributed by atoms with Gasteiger partial charge in [-0.25, -0.2) is 10.1 Å². The summed E-state index contributed by atoms with van der Waals surface area (Å²) in [6, 6.07) is 0. The molecule has 14 heavy (non-hydrogen) atoms. The van der Waals surface area contributed by atoms with Crippen molar-refractivity contribution in [3.8, 4) is 0 Å². The summed E-state index contributed by atoms with van der Waals surface area (Å²) >= 11 is 0. The summed E-state index contributed by atoms with van der Waals surface area (Å²) in [5.74, 6) is -4.07. The van der Waals surface area contributed by atoms with Gasteiger partial charge in [0.15, 0.2) is 5.03 Å². The van der Waals surface area contributed by atoms with E-state index in [0.29, 0.717) is 7.05 Å². The second-order valence-electron chi connectivity index (χ2n) is 2.29. The van der Waals surface area contributed by atoms with Gasteiger partial charge in [0, 0.05) is 0 Å². The molecule has 0 aliphatic heterocycles. The smallest absolute Gasteiger partial charge is 0.256 e. The fraction of sp³-hybridized carbons (Fsp3) is 1.00. The predicted molar refractivity (Wildman–Crippen MR) is 37.5 cm³/mol. The minimum Gasteiger partial charge on any atom is -0.256 e. The maximum Gasteiger partial charge on any atom is 0.637 e. The number of hydrogen-bond acceptors (Lipinski definition) is 6. The summed E-state index contributed by atoms with van der Waals surface area (Å²) < 4.78 is 12.9. The number of hydrogen-bond donors (Lipinski definition) is 0. The lowest BCUT2D eigenvalue weighted by atomic mass is 10.4. The van der Waals surface area contributed by atoms with Gasteiger partial charge in [-0.1, -0.05) is 4.39 Å². The second kappa shape index (κ2) is 3.76. The highest BCUT2D eigenvalue weighted by Gasteiger charge is 2.60. The van der Waals surface area contributed by atoms with Crippen LogP contribution in [0.15, 0.2) is 0 Å². The first-order valence-corrected chi connectivity index (χ1v) is 3.05. The van der Waals surface area contributed by atoms with E-state index in [2.05, 4.69) is 0 Å². The van der Waals surface area contributed by atoms with Gasteiger partial charge in [-0.2, -0.15) is 0 Å². The first-order chi connectivity index (χ1) is 6.21. The topological polar surface area (TPSA) is 133 Å². The van der Waals surface area contributed by atoms with Crippen molar-refractivity contribution in [2.24, 2.45) is 0 Å². The molecule has 0 bridgehead atoms. The molecule has 0 unspecified atom stereocenters. The van der Waals surface area contributed by atoms with E-state index in [1.807, 2.05) is 0 Å². The standard InChI is InChI=1S/C3H5FN4O6/c1-5(8(13)14)2-3(4,6(9)10)7(11)12/h2H2,1H3. The number of nitro groups is 3. The zero-order valence-corrected chi connectivity index (χ0v) is 6.82. The van der Waals surface area contributed by atoms with Crippen LogP contribution < -0.4 is 0 Å². The van der Waals surface area contributed by atoms with Gasteiger partial charge >= 0.3 is 5.92 Å². The summed E-state index contributed by atoms with van der Waals surface area (Å²) in [4.78, 5) is 26.2. The van der Waals surface area contributed by atoms with Crippen LogP contribution in [0.1, 0.15) is 0 Å². The van der Waals surface area contributed by atoms with E-state index in [1.165, 1.54) is 0 Å². The fourth-order valence-corrected chi connectivity index (χ4v) is 0.531. The molecule has 0 saturated carbocycles. The molecule has 80 valence electrons. The van der Waals surface area contributed by atoms with Crippen LogP contribution in [0.5, 0.6) is 0 Å². The third kappa shape index (κ3) is 2.21. The van der Waals surface area contributed by atoms with Crippen LogP contribution in [0.3, 0.4) is 0 Å². The number of alkyl halides is 1. The molecule has 0 atom stereocenters. The van der Waals surface area contributed by atoms with Gasteiger partial charge in [0.2, 0.25) is 0 Å². The Hall–Kier alpha value is -2.07. The maximum atomic E-state index is 12.9. The van der Waals surface area contributed by atoms with Crippen molar-refractivity contribution in [1.29, 1.82) is 0 Å². The Balaban J connectivity index is 4.79. The predicted octanol–water partition coefficient (Wildman–Crippen LogP) is -0.713. The molecule has 0 radical (unpaired) electrons. The van der Waals surface area contributed by atoms with Crippen LogP contribution in [0.2, 0.25) is 0 Å². The van der Waals surface area contributed by atoms with E-state index in [4.69, 9.17) is 0 Å². The van der Waals surface area contributed by atoms with Crippen LogP contribution in [-0.4, -0.2) is 39.4 Å². The molecule has 0 aromatic heterocycles. The number of rotatable bonds is 5. The Morgan fingerprint density at radius 1 is 1.21 bits per heavy atom. The summed E-state index contributed by atoms with van der Waals surface area (Å²) in [5.41, 5.74) is 0. The Morgan fingerprint density at radius 2 is 1.57 bits per heavy atom. The Labute approximate surface area is 75.3 Å². The normalized spacial score (nSPS) is 10.7. The van der Waals surface area contributed by atoms with Crippen LogP contribution >= 0.6 is 0 Å². The van der Waals surface area contributed by atoms with Crippen LogP contribution in [-0.2, 0) is 0 Å². The highest BCUT2D eigenvalue weighted by Crippen LogP contribution is 2.14. The van der Waals surface area contributed by atoms with Crippen molar-refractivity contribution < 1.29 is 19.3 Å². The largest absolute Gasteiger partial charge is 0.637 e. The highest BCUT2D eigenvalue weighted by molar-refractivity contribution is 4.53. The van der Waals surface area contributed by atoms with Gasteiger partial charge in [0.1, 0.15) is 9.85 Å². The third-order valence-corrected chi connectivity index (χ3v) is 1.27. The minimum atomic E-state index is -4.07. The molecule has 0 rings (SSSR count). The van der Waals surface area contributed by atoms with Gasteiger partial charge in [-0.3, -0.25) is 20.2 Å². The van der Waals surface area contributed by atoms with Gasteiger partial charge in [0.05, 0.1) is 7.05 Å². The van der Waals surface area contributed by atoms with Gasteiger partial charge in [-0.05, 0) is 0 Å². The van der Waals surface area contributed by atoms with Crippen molar-refractivity contribution in [2.75, 3.05) is 13.6 Å². The first kappa shape index (κ1) is 11.9. The van der Waals surface area contributed by atoms with Crippen molar-refractivity contribution in [1.82, 2.24) is 5.01 Å². The van der Waals surface area contributed by atoms with E-state index < -0.39 is 27.3 Å². The van der Waals surface area contributed by atoms with E-state index >= 15 is 0 Å². The lowest BCUT2D eigenvalue weighted by molar-refractivity contribution is -0.840. The van der Waals surface area contributed by atoms with Gasteiger partial charge in [-0.15, -0.1) is 5.01 Å². The maximum absolute atomic E-state index is 12.9. The zero-order chi connectivity index (χ0) is 11.5. The average molecular weight is 212 g/mol. The van der Waals surface area contributed by atoms with Crippen molar-refractivity contribution in [2.45, 2.75) is 5.92 Å². The average Bonchev–Trinajstić information content (AvgIpc) is 2.02. The SMILES string of the molecule is CN(CC(F)([N+](=O)[O-])[N+](=O)[O-])[N+](=O)[O-]. The molecule has 0 heterocycles. The fourth-order valence-electron chi connectivity index (χ4n) is 0.531. The molecule has 0 saturated heterocycles. The third-order valence-electron chi connectivity index (χ3n) is 1.27. The molecular weight excluding hydrogens is 207 g/mol. The molecule has 0 spiro atoms. The van der Waals surface area contributed by atoms with Crippen LogP contribution in [0.25, 0.3) is 0 Å². The second-order valence-corrected chi connectivity index (χ2v) is 2.29. The minimum absolute atomic E-state index is 0.0778. The summed E-state index contributed by atoms with van der Waals surface area (Å²) in [6.07, 6.45) is 0. The lowest BCUT2D eigenvalue weighted by Gasteiger charge is -2.10. The molecule has 0 amide bonds. The van der Waals surface area contributed by atoms with Crippen molar-refractivity contribution in [3.63, 3.8) is 0 Å². The summed E-state index contributed by atoms with van der Waals surface area (Å²) in [7, 11) is 0.682. The molecule has 0 fully saturated rings. The summed E-state index contributed by atoms with van der Waals surface area (Å²) in [5, 5.41) is 28.6. The molecule has 10 nitrogen and oxygen atoms in total. The quantitative estimate of drug-likeness (QED) is 0.254. The van der Waals surface area contributed by atoms with Crippen molar-refractivity contribution >= 4 is 0 Å². The molecule has 0 N–H and O–H groups in total. The molecule has 0 aromatic rings. The summed E-state index contributed by atoms with van der Waals surface area (Å²) in [6.45, 7) is -1.57.